The fourth-order valence-corrected chi connectivity index (χ4v) is 4.72. The van der Waals surface area contributed by atoms with Gasteiger partial charge in [0.15, 0.2) is 10.9 Å². The molecule has 0 saturated carbocycles. The van der Waals surface area contributed by atoms with Crippen LogP contribution in [0.3, 0.4) is 0 Å². The van der Waals surface area contributed by atoms with Crippen molar-refractivity contribution in [3.05, 3.63) is 68.9 Å². The van der Waals surface area contributed by atoms with Crippen LogP contribution in [-0.4, -0.2) is 38.7 Å². The number of esters is 1. The summed E-state index contributed by atoms with van der Waals surface area (Å²) in [5.74, 6) is 0.205. The number of aliphatic imine (C=N–C) groups is 1. The van der Waals surface area contributed by atoms with Gasteiger partial charge in [0.1, 0.15) is 6.04 Å². The van der Waals surface area contributed by atoms with Gasteiger partial charge >= 0.3 is 5.97 Å². The molecular weight excluding hydrogens is 516 g/mol. The van der Waals surface area contributed by atoms with Crippen LogP contribution in [0.1, 0.15) is 42.8 Å². The Balaban J connectivity index is 1.97. The van der Waals surface area contributed by atoms with Crippen molar-refractivity contribution in [1.29, 1.82) is 0 Å². The lowest BCUT2D eigenvalue weighted by Gasteiger charge is -2.14. The Morgan fingerprint density at radius 2 is 1.97 bits per heavy atom. The third-order valence-corrected chi connectivity index (χ3v) is 6.47. The number of aromatic nitrogens is 3. The van der Waals surface area contributed by atoms with E-state index in [1.807, 2.05) is 47.0 Å². The molecule has 10 heteroatoms. The van der Waals surface area contributed by atoms with Gasteiger partial charge in [-0.2, -0.15) is 0 Å². The Hall–Kier alpha value is -2.49. The van der Waals surface area contributed by atoms with Crippen molar-refractivity contribution in [2.45, 2.75) is 31.0 Å². The van der Waals surface area contributed by atoms with Gasteiger partial charge < -0.3 is 4.74 Å². The highest BCUT2D eigenvalue weighted by Gasteiger charge is 2.30. The van der Waals surface area contributed by atoms with E-state index in [9.17, 15) is 9.59 Å². The molecule has 0 amide bonds. The van der Waals surface area contributed by atoms with Crippen molar-refractivity contribution in [2.24, 2.45) is 4.99 Å². The first-order valence-corrected chi connectivity index (χ1v) is 11.7. The third-order valence-electron chi connectivity index (χ3n) is 4.91. The van der Waals surface area contributed by atoms with Crippen molar-refractivity contribution < 1.29 is 14.3 Å². The van der Waals surface area contributed by atoms with Gasteiger partial charge in [-0.25, -0.2) is 0 Å². The molecule has 2 aromatic carbocycles. The Labute approximate surface area is 202 Å². The van der Waals surface area contributed by atoms with Crippen LogP contribution in [0.15, 0.2) is 57.1 Å². The van der Waals surface area contributed by atoms with Crippen LogP contribution in [0.25, 0.3) is 5.69 Å². The van der Waals surface area contributed by atoms with Crippen LogP contribution in [-0.2, 0) is 14.3 Å². The normalized spacial score (nSPS) is 14.8. The zero-order valence-corrected chi connectivity index (χ0v) is 20.4. The maximum atomic E-state index is 11.9. The second-order valence-electron chi connectivity index (χ2n) is 7.02. The first-order chi connectivity index (χ1) is 15.4. The molecule has 4 rings (SSSR count). The fourth-order valence-electron chi connectivity index (χ4n) is 3.51. The number of halogens is 2. The van der Waals surface area contributed by atoms with E-state index in [0.29, 0.717) is 28.1 Å². The maximum absolute atomic E-state index is 11.9. The summed E-state index contributed by atoms with van der Waals surface area (Å²) < 4.78 is 7.52. The van der Waals surface area contributed by atoms with E-state index in [0.717, 1.165) is 33.0 Å². The smallest absolute Gasteiger partial charge is 0.305 e. The molecule has 2 heterocycles. The predicted octanol–water partition coefficient (Wildman–Crippen LogP) is 5.17. The van der Waals surface area contributed by atoms with E-state index in [1.54, 1.807) is 0 Å². The summed E-state index contributed by atoms with van der Waals surface area (Å²) in [5.41, 5.74) is 3.01. The van der Waals surface area contributed by atoms with E-state index >= 15 is 0 Å². The molecule has 164 valence electrons. The molecule has 0 spiro atoms. The lowest BCUT2D eigenvalue weighted by Crippen LogP contribution is -2.09. The summed E-state index contributed by atoms with van der Waals surface area (Å²) in [6.07, 6.45) is 0.515. The summed E-state index contributed by atoms with van der Waals surface area (Å²) >= 11 is 11.1. The number of carbonyl (C=O) groups excluding carboxylic acids is 2. The number of hydrogen-bond donors (Lipinski definition) is 0. The van der Waals surface area contributed by atoms with E-state index in [2.05, 4.69) is 26.1 Å². The summed E-state index contributed by atoms with van der Waals surface area (Å²) in [7, 11) is 1.35. The highest BCUT2D eigenvalue weighted by Crippen LogP contribution is 2.37. The molecule has 1 atom stereocenters. The highest BCUT2D eigenvalue weighted by atomic mass is 79.9. The molecule has 0 bridgehead atoms. The average Bonchev–Trinajstić information content (AvgIpc) is 3.11. The van der Waals surface area contributed by atoms with Crippen LogP contribution in [0.4, 0.5) is 0 Å². The molecule has 0 radical (unpaired) electrons. The number of hydrogen-bond acceptors (Lipinski definition) is 7. The predicted molar refractivity (Wildman–Crippen MR) is 127 cm³/mol. The number of fused-ring (bicyclic) bond motifs is 3. The summed E-state index contributed by atoms with van der Waals surface area (Å²) in [6.45, 7) is 1.48. The van der Waals surface area contributed by atoms with Crippen molar-refractivity contribution in [1.82, 2.24) is 14.8 Å². The monoisotopic (exact) mass is 532 g/mol. The van der Waals surface area contributed by atoms with Gasteiger partial charge in [-0.15, -0.1) is 10.2 Å². The van der Waals surface area contributed by atoms with Crippen LogP contribution >= 0.6 is 39.3 Å². The van der Waals surface area contributed by atoms with Gasteiger partial charge in [0.2, 0.25) is 5.16 Å². The number of nitrogens with zero attached hydrogens (tertiary/aromatic N) is 4. The Kier molecular flexibility index (Phi) is 6.78. The van der Waals surface area contributed by atoms with E-state index in [-0.39, 0.29) is 17.5 Å². The van der Waals surface area contributed by atoms with Gasteiger partial charge in [0, 0.05) is 34.0 Å². The molecule has 0 unspecified atom stereocenters. The highest BCUT2D eigenvalue weighted by molar-refractivity contribution is 9.10. The van der Waals surface area contributed by atoms with Crippen LogP contribution in [0.2, 0.25) is 5.02 Å². The second kappa shape index (κ2) is 9.56. The lowest BCUT2D eigenvalue weighted by atomic mass is 10.00. The minimum atomic E-state index is -0.500. The number of methoxy groups -OCH3 is 1. The Morgan fingerprint density at radius 3 is 2.69 bits per heavy atom. The number of carbonyl (C=O) groups is 2. The molecule has 0 fully saturated rings. The minimum absolute atomic E-state index is 0.110. The molecule has 0 saturated heterocycles. The number of ether oxygens (including phenoxy) is 1. The molecule has 1 aliphatic rings. The van der Waals surface area contributed by atoms with Crippen molar-refractivity contribution in [3.63, 3.8) is 0 Å². The number of rotatable bonds is 5. The van der Waals surface area contributed by atoms with Gasteiger partial charge in [-0.3, -0.25) is 19.1 Å². The van der Waals surface area contributed by atoms with E-state index in [1.165, 1.54) is 14.0 Å². The second-order valence-corrected chi connectivity index (χ2v) is 9.49. The van der Waals surface area contributed by atoms with Gasteiger partial charge in [0.05, 0.1) is 18.5 Å². The molecule has 7 nitrogen and oxygen atoms in total. The fraction of sp³-hybridized carbons (Fsp3) is 0.227. The molecule has 32 heavy (non-hydrogen) atoms. The van der Waals surface area contributed by atoms with Crippen LogP contribution in [0, 0.1) is 0 Å². The van der Waals surface area contributed by atoms with Crippen molar-refractivity contribution in [3.8, 4) is 5.69 Å². The largest absolute Gasteiger partial charge is 0.469 e. The summed E-state index contributed by atoms with van der Waals surface area (Å²) in [4.78, 5) is 28.8. The topological polar surface area (TPSA) is 86.4 Å². The average molecular weight is 534 g/mol. The van der Waals surface area contributed by atoms with Gasteiger partial charge in [0.25, 0.3) is 0 Å². The quantitative estimate of drug-likeness (QED) is 0.332. The minimum Gasteiger partial charge on any atom is -0.469 e. The zero-order valence-electron chi connectivity index (χ0n) is 17.2. The first kappa shape index (κ1) is 22.7. The van der Waals surface area contributed by atoms with Gasteiger partial charge in [-0.1, -0.05) is 45.7 Å². The molecule has 0 aliphatic carbocycles. The standard InChI is InChI=1S/C22H18BrClN4O3S/c1-12(29)32-22-27-26-21-17(8-10-19(30)31-2)25-20(14-5-3-4-6-16(14)24)15-11-13(23)7-9-18(15)28(21)22/h3-7,9,11,17H,8,10H2,1-2H3/t17-/m0/s1. The number of benzene rings is 2. The first-order valence-electron chi connectivity index (χ1n) is 9.72. The van der Waals surface area contributed by atoms with Crippen LogP contribution < -0.4 is 0 Å². The van der Waals surface area contributed by atoms with E-state index < -0.39 is 6.04 Å². The van der Waals surface area contributed by atoms with Crippen molar-refractivity contribution >= 4 is 56.1 Å². The van der Waals surface area contributed by atoms with E-state index in [4.69, 9.17) is 21.3 Å². The molecule has 1 aromatic heterocycles. The number of thioether (sulfide) groups is 1. The SMILES string of the molecule is COC(=O)CC[C@@H]1N=C(c2ccccc2Cl)c2cc(Br)ccc2-n2c(SC(C)=O)nnc21. The summed E-state index contributed by atoms with van der Waals surface area (Å²) in [6, 6.07) is 12.7. The summed E-state index contributed by atoms with van der Waals surface area (Å²) in [5, 5.41) is 9.49. The van der Waals surface area contributed by atoms with Gasteiger partial charge in [-0.05, 0) is 42.4 Å². The molecular formula is C22H18BrClN4O3S. The maximum Gasteiger partial charge on any atom is 0.305 e. The Bertz CT molecular complexity index is 1240. The molecule has 0 N–H and O–H groups in total. The van der Waals surface area contributed by atoms with Crippen molar-refractivity contribution in [2.75, 3.05) is 7.11 Å². The third kappa shape index (κ3) is 4.51. The van der Waals surface area contributed by atoms with Crippen LogP contribution in [0.5, 0.6) is 0 Å². The Morgan fingerprint density at radius 1 is 1.19 bits per heavy atom. The zero-order chi connectivity index (χ0) is 22.8. The lowest BCUT2D eigenvalue weighted by molar-refractivity contribution is -0.140. The molecule has 1 aliphatic heterocycles. The molecule has 3 aromatic rings.